The molecule has 315 valence electrons. The van der Waals surface area contributed by atoms with Gasteiger partial charge in [-0.1, -0.05) is 64.6 Å². The predicted molar refractivity (Wildman–Crippen MR) is 208 cm³/mol. The molecular weight excluding hydrogens is 740 g/mol. The van der Waals surface area contributed by atoms with Crippen LogP contribution in [0.3, 0.4) is 0 Å². The van der Waals surface area contributed by atoms with E-state index in [4.69, 9.17) is 14.2 Å². The van der Waals surface area contributed by atoms with Gasteiger partial charge in [0.1, 0.15) is 29.9 Å². The largest absolute Gasteiger partial charge is 0.458 e. The molecule has 1 aromatic carbocycles. The fourth-order valence-electron chi connectivity index (χ4n) is 6.02. The third kappa shape index (κ3) is 12.8. The number of methoxy groups -OCH3 is 1. The third-order valence-electron chi connectivity index (χ3n) is 9.64. The molecule has 1 aliphatic heterocycles. The van der Waals surface area contributed by atoms with Gasteiger partial charge in [0.2, 0.25) is 23.6 Å². The number of amides is 6. The molecule has 0 unspecified atom stereocenters. The molecule has 0 saturated carbocycles. The van der Waals surface area contributed by atoms with Crippen molar-refractivity contribution in [1.82, 2.24) is 30.7 Å². The Morgan fingerprint density at radius 1 is 0.877 bits per heavy atom. The van der Waals surface area contributed by atoms with E-state index in [0.717, 1.165) is 21.6 Å². The van der Waals surface area contributed by atoms with Gasteiger partial charge in [-0.25, -0.2) is 9.59 Å². The van der Waals surface area contributed by atoms with E-state index < -0.39 is 108 Å². The van der Waals surface area contributed by atoms with Crippen LogP contribution in [0.25, 0.3) is 0 Å². The monoisotopic (exact) mass is 799 g/mol. The zero-order chi connectivity index (χ0) is 43.5. The number of likely N-dealkylation sites (N-methyl/N-ethyl adjacent to an activating group) is 3. The number of hydrogen-bond acceptors (Lipinski definition) is 11. The summed E-state index contributed by atoms with van der Waals surface area (Å²) in [5.74, 6) is -7.63. The van der Waals surface area contributed by atoms with Gasteiger partial charge in [0.05, 0.1) is 6.10 Å². The van der Waals surface area contributed by atoms with E-state index >= 15 is 0 Å². The van der Waals surface area contributed by atoms with Gasteiger partial charge >= 0.3 is 11.9 Å². The molecule has 1 fully saturated rings. The lowest BCUT2D eigenvalue weighted by atomic mass is 9.98. The first-order valence-corrected chi connectivity index (χ1v) is 18.7. The lowest BCUT2D eigenvalue weighted by Crippen LogP contribution is -2.60. The van der Waals surface area contributed by atoms with Crippen LogP contribution in [0.15, 0.2) is 42.6 Å². The van der Waals surface area contributed by atoms with Gasteiger partial charge in [-0.2, -0.15) is 0 Å². The molecule has 17 heteroatoms. The average Bonchev–Trinajstić information content (AvgIpc) is 3.15. The lowest BCUT2D eigenvalue weighted by Gasteiger charge is -2.36. The number of rotatable bonds is 8. The van der Waals surface area contributed by atoms with E-state index in [2.05, 4.69) is 22.5 Å². The van der Waals surface area contributed by atoms with Crippen LogP contribution in [-0.4, -0.2) is 139 Å². The van der Waals surface area contributed by atoms with Crippen LogP contribution in [-0.2, 0) is 59.0 Å². The molecule has 0 spiro atoms. The summed E-state index contributed by atoms with van der Waals surface area (Å²) in [6.45, 7) is 16.0. The number of carbonyl (C=O) groups excluding carboxylic acids is 8. The Morgan fingerprint density at radius 3 is 2.00 bits per heavy atom. The van der Waals surface area contributed by atoms with Crippen LogP contribution >= 0.6 is 0 Å². The van der Waals surface area contributed by atoms with Crippen LogP contribution in [0.1, 0.15) is 61.0 Å². The number of carbonyl (C=O) groups is 8. The van der Waals surface area contributed by atoms with Crippen molar-refractivity contribution < 1.29 is 52.6 Å². The molecule has 3 N–H and O–H groups in total. The summed E-state index contributed by atoms with van der Waals surface area (Å²) >= 11 is 0. The van der Waals surface area contributed by atoms with Crippen molar-refractivity contribution in [2.24, 2.45) is 11.8 Å². The van der Waals surface area contributed by atoms with Gasteiger partial charge in [0.25, 0.3) is 11.8 Å². The molecule has 1 aromatic rings. The molecule has 1 heterocycles. The van der Waals surface area contributed by atoms with Crippen molar-refractivity contribution >= 4 is 47.4 Å². The highest BCUT2D eigenvalue weighted by atomic mass is 16.6. The van der Waals surface area contributed by atoms with Gasteiger partial charge in [-0.05, 0) is 44.6 Å². The maximum atomic E-state index is 14.2. The van der Waals surface area contributed by atoms with E-state index in [1.54, 1.807) is 64.4 Å². The first-order valence-electron chi connectivity index (χ1n) is 18.7. The van der Waals surface area contributed by atoms with Gasteiger partial charge in [-0.15, -0.1) is 0 Å². The van der Waals surface area contributed by atoms with Crippen LogP contribution in [0.2, 0.25) is 0 Å². The predicted octanol–water partition coefficient (Wildman–Crippen LogP) is 0.758. The molecule has 1 aliphatic rings. The van der Waals surface area contributed by atoms with Gasteiger partial charge in [-0.3, -0.25) is 28.8 Å². The Kier molecular flexibility index (Phi) is 17.9. The quantitative estimate of drug-likeness (QED) is 0.247. The number of benzene rings is 1. The summed E-state index contributed by atoms with van der Waals surface area (Å²) in [7, 11) is 5.24. The van der Waals surface area contributed by atoms with Crippen LogP contribution in [0.4, 0.5) is 0 Å². The van der Waals surface area contributed by atoms with E-state index in [1.807, 2.05) is 0 Å². The fraction of sp³-hybridized carbons (Fsp3) is 0.575. The SMILES string of the molecule is C=C1C(=O)N[C@@H](C)C(=O)N(C)[C@@H](C)C(=O)N[C@@H]([CH]C(C)C)C(=O)N(C)[C@@H]([C@@H](C)OC)C(=O)O[C@H](C(C)C)[C@H](NC(C)=O)C(=O)O[C@H](Cc2ccccc2)C(=O)N1C. The number of esters is 2. The second-order valence-electron chi connectivity index (χ2n) is 14.9. The molecule has 0 bridgehead atoms. The smallest absolute Gasteiger partial charge is 0.333 e. The Balaban J connectivity index is 2.81. The van der Waals surface area contributed by atoms with Crippen molar-refractivity contribution in [1.29, 1.82) is 0 Å². The van der Waals surface area contributed by atoms with Gasteiger partial charge in [0, 0.05) is 41.6 Å². The summed E-state index contributed by atoms with van der Waals surface area (Å²) in [5, 5.41) is 7.63. The number of ether oxygens (including phenoxy) is 3. The summed E-state index contributed by atoms with van der Waals surface area (Å²) in [6, 6.07) is 1.82. The van der Waals surface area contributed by atoms with Crippen molar-refractivity contribution in [3.8, 4) is 0 Å². The summed E-state index contributed by atoms with van der Waals surface area (Å²) in [5.41, 5.74) is 0.179. The lowest BCUT2D eigenvalue weighted by molar-refractivity contribution is -0.175. The van der Waals surface area contributed by atoms with Crippen molar-refractivity contribution in [2.45, 2.75) is 110 Å². The number of hydrogen-bond donors (Lipinski definition) is 3. The van der Waals surface area contributed by atoms with Crippen molar-refractivity contribution in [3.05, 3.63) is 54.6 Å². The molecule has 6 amide bonds. The van der Waals surface area contributed by atoms with Crippen molar-refractivity contribution in [3.63, 3.8) is 0 Å². The molecule has 57 heavy (non-hydrogen) atoms. The fourth-order valence-corrected chi connectivity index (χ4v) is 6.02. The number of nitrogens with one attached hydrogen (secondary N) is 3. The Labute approximate surface area is 335 Å². The molecule has 0 aromatic heterocycles. The second-order valence-corrected chi connectivity index (χ2v) is 14.9. The van der Waals surface area contributed by atoms with E-state index in [0.29, 0.717) is 5.56 Å². The summed E-state index contributed by atoms with van der Waals surface area (Å²) in [6.07, 6.45) is -2.58. The van der Waals surface area contributed by atoms with Crippen LogP contribution in [0.5, 0.6) is 0 Å². The molecular formula is C40H59N6O11. The van der Waals surface area contributed by atoms with Gasteiger partial charge in [0.15, 0.2) is 18.2 Å². The molecule has 1 saturated heterocycles. The Morgan fingerprint density at radius 2 is 1.47 bits per heavy atom. The standard InChI is InChI=1S/C40H59N6O11/c1-21(2)19-29-37(51)46(12)32(26(8)55-13)40(54)57-33(22(3)4)31(42-27(9)47)39(53)56-30(20-28-17-15-14-16-18-28)38(52)45(11)24(6)34(48)41-23(5)36(50)44(10)25(7)35(49)43-29/h14-19,21-23,25-26,29-33H,6,20H2,1-5,7-13H3,(H,41,48)(H,42,47)(H,43,49)/t23-,25-,26+,29-,30+,31-,32-,33+/m0/s1. The second kappa shape index (κ2) is 21.3. The number of nitrogens with zero attached hydrogens (tertiary/aromatic N) is 3. The highest BCUT2D eigenvalue weighted by Gasteiger charge is 2.43. The van der Waals surface area contributed by atoms with Gasteiger partial charge < -0.3 is 44.9 Å². The Hall–Kier alpha value is -5.32. The van der Waals surface area contributed by atoms with E-state index in [9.17, 15) is 38.4 Å². The van der Waals surface area contributed by atoms with Crippen molar-refractivity contribution in [2.75, 3.05) is 28.3 Å². The minimum Gasteiger partial charge on any atom is -0.458 e. The molecule has 17 nitrogen and oxygen atoms in total. The highest BCUT2D eigenvalue weighted by molar-refractivity contribution is 6.01. The molecule has 0 aliphatic carbocycles. The Bertz CT molecular complexity index is 1650. The maximum Gasteiger partial charge on any atom is 0.333 e. The first kappa shape index (κ1) is 47.8. The molecule has 1 radical (unpaired) electrons. The minimum atomic E-state index is -1.65. The topological polar surface area (TPSA) is 210 Å². The molecule has 8 atom stereocenters. The van der Waals surface area contributed by atoms with E-state index in [-0.39, 0.29) is 12.3 Å². The summed E-state index contributed by atoms with van der Waals surface area (Å²) < 4.78 is 17.3. The third-order valence-corrected chi connectivity index (χ3v) is 9.64. The first-order chi connectivity index (χ1) is 26.5. The average molecular weight is 800 g/mol. The minimum absolute atomic E-state index is 0.169. The van der Waals surface area contributed by atoms with Crippen LogP contribution in [0, 0.1) is 18.3 Å². The van der Waals surface area contributed by atoms with Crippen LogP contribution < -0.4 is 16.0 Å². The van der Waals surface area contributed by atoms with E-state index in [1.165, 1.54) is 49.0 Å². The zero-order valence-electron chi connectivity index (χ0n) is 35.0. The normalized spacial score (nSPS) is 26.3. The molecule has 2 rings (SSSR count). The zero-order valence-corrected chi connectivity index (χ0v) is 35.0. The number of cyclic esters (lactones) is 2. The summed E-state index contributed by atoms with van der Waals surface area (Å²) in [4.78, 5) is 113. The highest BCUT2D eigenvalue weighted by Crippen LogP contribution is 2.21. The maximum absolute atomic E-state index is 14.2.